The minimum Gasteiger partial charge on any atom is -0.352 e. The number of nitrogens with one attached hydrogen (secondary N) is 1. The third kappa shape index (κ3) is 5.89. The van der Waals surface area contributed by atoms with Crippen molar-refractivity contribution in [2.75, 3.05) is 6.54 Å². The first-order chi connectivity index (χ1) is 10.5. The minimum absolute atomic E-state index is 0.0434. The van der Waals surface area contributed by atoms with Gasteiger partial charge in [0.15, 0.2) is 5.78 Å². The van der Waals surface area contributed by atoms with Gasteiger partial charge in [-0.2, -0.15) is 0 Å². The standard InChI is InChI=1S/C16H22F2N2O2/c1-2-3-4-12(10-19)20-16(22)8-7-15(21)13-6-5-11(17)9-14(13)18/h5-6,9,12H,2-4,7-8,10,19H2,1H3,(H,20,22). The number of amides is 1. The fraction of sp³-hybridized carbons (Fsp3) is 0.500. The number of unbranched alkanes of at least 4 members (excludes halogenated alkanes) is 1. The van der Waals surface area contributed by atoms with Gasteiger partial charge in [-0.15, -0.1) is 0 Å². The first-order valence-electron chi connectivity index (χ1n) is 7.45. The lowest BCUT2D eigenvalue weighted by molar-refractivity contribution is -0.121. The van der Waals surface area contributed by atoms with E-state index in [0.717, 1.165) is 31.4 Å². The number of nitrogens with two attached hydrogens (primary N) is 1. The van der Waals surface area contributed by atoms with E-state index < -0.39 is 17.4 Å². The molecular formula is C16H22F2N2O2. The van der Waals surface area contributed by atoms with E-state index in [9.17, 15) is 18.4 Å². The number of benzene rings is 1. The molecular weight excluding hydrogens is 290 g/mol. The topological polar surface area (TPSA) is 72.2 Å². The van der Waals surface area contributed by atoms with Gasteiger partial charge in [0.2, 0.25) is 5.91 Å². The summed E-state index contributed by atoms with van der Waals surface area (Å²) in [5.41, 5.74) is 5.38. The molecule has 0 spiro atoms. The molecule has 0 radical (unpaired) electrons. The Morgan fingerprint density at radius 1 is 1.27 bits per heavy atom. The first-order valence-corrected chi connectivity index (χ1v) is 7.45. The van der Waals surface area contributed by atoms with E-state index in [4.69, 9.17) is 5.73 Å². The highest BCUT2D eigenvalue weighted by molar-refractivity contribution is 5.98. The third-order valence-electron chi connectivity index (χ3n) is 3.37. The number of hydrogen-bond acceptors (Lipinski definition) is 3. The minimum atomic E-state index is -0.909. The number of rotatable bonds is 9. The van der Waals surface area contributed by atoms with E-state index in [1.807, 2.05) is 6.92 Å². The molecule has 1 unspecified atom stereocenters. The molecule has 1 amide bonds. The van der Waals surface area contributed by atoms with Gasteiger partial charge in [0.05, 0.1) is 5.56 Å². The van der Waals surface area contributed by atoms with Gasteiger partial charge in [-0.1, -0.05) is 19.8 Å². The SMILES string of the molecule is CCCCC(CN)NC(=O)CCC(=O)c1ccc(F)cc1F. The summed E-state index contributed by atoms with van der Waals surface area (Å²) in [5, 5.41) is 2.76. The first kappa shape index (κ1) is 18.2. The molecule has 0 saturated heterocycles. The molecule has 1 aromatic rings. The van der Waals surface area contributed by atoms with E-state index in [1.165, 1.54) is 0 Å². The van der Waals surface area contributed by atoms with Crippen molar-refractivity contribution in [1.82, 2.24) is 5.32 Å². The molecule has 1 aromatic carbocycles. The number of ketones is 1. The van der Waals surface area contributed by atoms with Crippen LogP contribution >= 0.6 is 0 Å². The number of hydrogen-bond donors (Lipinski definition) is 2. The van der Waals surface area contributed by atoms with Crippen LogP contribution in [0.2, 0.25) is 0 Å². The Kier molecular flexibility index (Phi) is 7.66. The Balaban J connectivity index is 2.47. The Morgan fingerprint density at radius 3 is 2.59 bits per heavy atom. The van der Waals surface area contributed by atoms with Crippen LogP contribution in [-0.4, -0.2) is 24.3 Å². The van der Waals surface area contributed by atoms with Gasteiger partial charge in [0.25, 0.3) is 0 Å². The zero-order valence-electron chi connectivity index (χ0n) is 12.7. The smallest absolute Gasteiger partial charge is 0.220 e. The van der Waals surface area contributed by atoms with Gasteiger partial charge < -0.3 is 11.1 Å². The molecule has 1 atom stereocenters. The van der Waals surface area contributed by atoms with Crippen molar-refractivity contribution in [2.45, 2.75) is 45.1 Å². The molecule has 0 heterocycles. The van der Waals surface area contributed by atoms with E-state index in [2.05, 4.69) is 5.32 Å². The molecule has 3 N–H and O–H groups in total. The molecule has 0 aliphatic heterocycles. The summed E-state index contributed by atoms with van der Waals surface area (Å²) in [6, 6.07) is 2.66. The molecule has 0 aromatic heterocycles. The molecule has 6 heteroatoms. The summed E-state index contributed by atoms with van der Waals surface area (Å²) in [5.74, 6) is -2.46. The van der Waals surface area contributed by atoms with Crippen LogP contribution in [-0.2, 0) is 4.79 Å². The van der Waals surface area contributed by atoms with Crippen LogP contribution < -0.4 is 11.1 Å². The molecule has 0 saturated carbocycles. The zero-order chi connectivity index (χ0) is 16.5. The fourth-order valence-corrected chi connectivity index (χ4v) is 2.08. The van der Waals surface area contributed by atoms with Gasteiger partial charge in [0, 0.05) is 31.5 Å². The maximum absolute atomic E-state index is 13.5. The quantitative estimate of drug-likeness (QED) is 0.688. The summed E-state index contributed by atoms with van der Waals surface area (Å²) < 4.78 is 26.2. The second-order valence-corrected chi connectivity index (χ2v) is 5.19. The van der Waals surface area contributed by atoms with Gasteiger partial charge in [-0.05, 0) is 18.6 Å². The van der Waals surface area contributed by atoms with E-state index in [1.54, 1.807) is 0 Å². The van der Waals surface area contributed by atoms with Crippen LogP contribution in [0.1, 0.15) is 49.4 Å². The highest BCUT2D eigenvalue weighted by Crippen LogP contribution is 2.12. The largest absolute Gasteiger partial charge is 0.352 e. The zero-order valence-corrected chi connectivity index (χ0v) is 12.7. The molecule has 1 rings (SSSR count). The third-order valence-corrected chi connectivity index (χ3v) is 3.37. The van der Waals surface area contributed by atoms with Crippen molar-refractivity contribution in [3.8, 4) is 0 Å². The fourth-order valence-electron chi connectivity index (χ4n) is 2.08. The number of halogens is 2. The second-order valence-electron chi connectivity index (χ2n) is 5.19. The van der Waals surface area contributed by atoms with Crippen LogP contribution in [0.4, 0.5) is 8.78 Å². The Hall–Kier alpha value is -1.82. The summed E-state index contributed by atoms with van der Waals surface area (Å²) in [6.07, 6.45) is 2.59. The van der Waals surface area contributed by atoms with Gasteiger partial charge in [-0.3, -0.25) is 9.59 Å². The molecule has 4 nitrogen and oxygen atoms in total. The number of carbonyl (C=O) groups excluding carboxylic acids is 2. The molecule has 0 aliphatic carbocycles. The van der Waals surface area contributed by atoms with Crippen LogP contribution in [0.15, 0.2) is 18.2 Å². The lowest BCUT2D eigenvalue weighted by atomic mass is 10.1. The summed E-state index contributed by atoms with van der Waals surface area (Å²) in [6.45, 7) is 2.39. The second kappa shape index (κ2) is 9.25. The van der Waals surface area contributed by atoms with Gasteiger partial charge >= 0.3 is 0 Å². The van der Waals surface area contributed by atoms with E-state index in [-0.39, 0.29) is 30.4 Å². The normalized spacial score (nSPS) is 12.0. The van der Waals surface area contributed by atoms with Crippen molar-refractivity contribution in [3.05, 3.63) is 35.4 Å². The van der Waals surface area contributed by atoms with Crippen LogP contribution in [0.3, 0.4) is 0 Å². The number of Topliss-reactive ketones (excluding diaryl/α,β-unsaturated/α-hetero) is 1. The average Bonchev–Trinajstić information content (AvgIpc) is 2.49. The molecule has 0 fully saturated rings. The van der Waals surface area contributed by atoms with E-state index in [0.29, 0.717) is 12.6 Å². The van der Waals surface area contributed by atoms with Gasteiger partial charge in [0.1, 0.15) is 11.6 Å². The highest BCUT2D eigenvalue weighted by atomic mass is 19.1. The van der Waals surface area contributed by atoms with Crippen molar-refractivity contribution in [3.63, 3.8) is 0 Å². The van der Waals surface area contributed by atoms with Crippen molar-refractivity contribution >= 4 is 11.7 Å². The van der Waals surface area contributed by atoms with Gasteiger partial charge in [-0.25, -0.2) is 8.78 Å². The predicted molar refractivity (Wildman–Crippen MR) is 80.4 cm³/mol. The van der Waals surface area contributed by atoms with E-state index >= 15 is 0 Å². The Labute approximate surface area is 129 Å². The van der Waals surface area contributed by atoms with Crippen molar-refractivity contribution in [2.24, 2.45) is 5.73 Å². The summed E-state index contributed by atoms with van der Waals surface area (Å²) >= 11 is 0. The highest BCUT2D eigenvalue weighted by Gasteiger charge is 2.15. The Morgan fingerprint density at radius 2 is 2.00 bits per heavy atom. The maximum atomic E-state index is 13.5. The average molecular weight is 312 g/mol. The maximum Gasteiger partial charge on any atom is 0.220 e. The summed E-state index contributed by atoms with van der Waals surface area (Å²) in [4.78, 5) is 23.6. The van der Waals surface area contributed by atoms with Crippen LogP contribution in [0, 0.1) is 11.6 Å². The lowest BCUT2D eigenvalue weighted by Crippen LogP contribution is -2.40. The van der Waals surface area contributed by atoms with Crippen molar-refractivity contribution < 1.29 is 18.4 Å². The number of carbonyl (C=O) groups is 2. The molecule has 0 aliphatic rings. The van der Waals surface area contributed by atoms with Crippen LogP contribution in [0.25, 0.3) is 0 Å². The molecule has 0 bridgehead atoms. The summed E-state index contributed by atoms with van der Waals surface area (Å²) in [7, 11) is 0. The molecule has 22 heavy (non-hydrogen) atoms. The monoisotopic (exact) mass is 312 g/mol. The van der Waals surface area contributed by atoms with Crippen LogP contribution in [0.5, 0.6) is 0 Å². The lowest BCUT2D eigenvalue weighted by Gasteiger charge is -2.16. The van der Waals surface area contributed by atoms with Crippen molar-refractivity contribution in [1.29, 1.82) is 0 Å². The Bertz CT molecular complexity index is 521. The predicted octanol–water partition coefficient (Wildman–Crippen LogP) is 2.56. The molecule has 122 valence electrons.